The molecule has 7 heteroatoms. The minimum Gasteiger partial charge on any atom is -0.283 e. The second-order valence-electron chi connectivity index (χ2n) is 7.40. The van der Waals surface area contributed by atoms with Crippen LogP contribution < -0.4 is 11.2 Å². The van der Waals surface area contributed by atoms with Crippen molar-refractivity contribution in [3.05, 3.63) is 62.1 Å². The standard InChI is InChI=1S/C21H25N5O2/c1-6-7-8-15-9-11-16(12-10-15)25-13(2)14(3)26-17-18(22-20(25)26)23(4)21(28)24(5)19(17)27/h9-12H,6-8H2,1-5H3. The first kappa shape index (κ1) is 18.3. The number of hydrogen-bond acceptors (Lipinski definition) is 3. The van der Waals surface area contributed by atoms with Gasteiger partial charge >= 0.3 is 5.69 Å². The molecule has 1 aromatic carbocycles. The first-order valence-electron chi connectivity index (χ1n) is 9.62. The van der Waals surface area contributed by atoms with E-state index in [9.17, 15) is 9.59 Å². The van der Waals surface area contributed by atoms with Crippen molar-refractivity contribution in [1.29, 1.82) is 0 Å². The molecule has 0 N–H and O–H groups in total. The fourth-order valence-electron chi connectivity index (χ4n) is 3.83. The number of unbranched alkanes of at least 4 members (excludes halogenated alkanes) is 1. The fraction of sp³-hybridized carbons (Fsp3) is 0.381. The Labute approximate surface area is 162 Å². The second-order valence-corrected chi connectivity index (χ2v) is 7.40. The molecule has 3 aromatic heterocycles. The van der Waals surface area contributed by atoms with Gasteiger partial charge in [-0.25, -0.2) is 4.79 Å². The Morgan fingerprint density at radius 2 is 1.64 bits per heavy atom. The molecule has 0 radical (unpaired) electrons. The van der Waals surface area contributed by atoms with Crippen molar-refractivity contribution < 1.29 is 0 Å². The van der Waals surface area contributed by atoms with Crippen molar-refractivity contribution in [1.82, 2.24) is 23.1 Å². The minimum absolute atomic E-state index is 0.333. The predicted octanol–water partition coefficient (Wildman–Crippen LogP) is 2.64. The highest BCUT2D eigenvalue weighted by Crippen LogP contribution is 2.24. The van der Waals surface area contributed by atoms with Crippen LogP contribution in [-0.4, -0.2) is 23.1 Å². The zero-order valence-electron chi connectivity index (χ0n) is 17.0. The summed E-state index contributed by atoms with van der Waals surface area (Å²) in [5, 5.41) is 0. The Hall–Kier alpha value is -3.09. The molecule has 0 bridgehead atoms. The summed E-state index contributed by atoms with van der Waals surface area (Å²) < 4.78 is 6.46. The molecule has 28 heavy (non-hydrogen) atoms. The Bertz CT molecular complexity index is 1320. The van der Waals surface area contributed by atoms with E-state index in [2.05, 4.69) is 36.2 Å². The predicted molar refractivity (Wildman–Crippen MR) is 111 cm³/mol. The van der Waals surface area contributed by atoms with Gasteiger partial charge in [0.1, 0.15) is 0 Å². The maximum absolute atomic E-state index is 12.8. The maximum Gasteiger partial charge on any atom is 0.332 e. The van der Waals surface area contributed by atoms with Gasteiger partial charge in [-0.3, -0.25) is 22.9 Å². The molecular weight excluding hydrogens is 354 g/mol. The minimum atomic E-state index is -0.376. The normalized spacial score (nSPS) is 11.8. The molecule has 3 heterocycles. The number of nitrogens with zero attached hydrogens (tertiary/aromatic N) is 5. The van der Waals surface area contributed by atoms with E-state index in [0.717, 1.165) is 28.1 Å². The van der Waals surface area contributed by atoms with Gasteiger partial charge in [0, 0.05) is 31.2 Å². The molecule has 4 rings (SSSR count). The van der Waals surface area contributed by atoms with Crippen molar-refractivity contribution in [2.45, 2.75) is 40.0 Å². The lowest BCUT2D eigenvalue weighted by Gasteiger charge is -2.08. The SMILES string of the molecule is CCCCc1ccc(-n2c(C)c(C)n3c4c(=O)n(C)c(=O)n(C)c4nc23)cc1. The van der Waals surface area contributed by atoms with E-state index in [1.807, 2.05) is 22.8 Å². The van der Waals surface area contributed by atoms with Gasteiger partial charge in [0.25, 0.3) is 5.56 Å². The summed E-state index contributed by atoms with van der Waals surface area (Å²) in [6.07, 6.45) is 3.42. The maximum atomic E-state index is 12.8. The van der Waals surface area contributed by atoms with Gasteiger partial charge < -0.3 is 0 Å². The quantitative estimate of drug-likeness (QED) is 0.547. The lowest BCUT2D eigenvalue weighted by atomic mass is 10.1. The van der Waals surface area contributed by atoms with Crippen LogP contribution in [0, 0.1) is 13.8 Å². The number of fused-ring (bicyclic) bond motifs is 3. The van der Waals surface area contributed by atoms with E-state index in [-0.39, 0.29) is 11.2 Å². The van der Waals surface area contributed by atoms with Crippen LogP contribution >= 0.6 is 0 Å². The van der Waals surface area contributed by atoms with Gasteiger partial charge in [0.2, 0.25) is 5.78 Å². The molecule has 0 spiro atoms. The summed E-state index contributed by atoms with van der Waals surface area (Å²) in [5.41, 5.74) is 4.38. The highest BCUT2D eigenvalue weighted by molar-refractivity contribution is 5.77. The molecule has 4 aromatic rings. The van der Waals surface area contributed by atoms with Gasteiger partial charge in [-0.15, -0.1) is 0 Å². The number of aromatic nitrogens is 5. The van der Waals surface area contributed by atoms with Crippen molar-refractivity contribution in [3.63, 3.8) is 0 Å². The number of hydrogen-bond donors (Lipinski definition) is 0. The van der Waals surface area contributed by atoms with Gasteiger partial charge in [-0.05, 0) is 44.4 Å². The second kappa shape index (κ2) is 6.51. The van der Waals surface area contributed by atoms with Crippen LogP contribution in [-0.2, 0) is 20.5 Å². The van der Waals surface area contributed by atoms with E-state index < -0.39 is 0 Å². The molecule has 0 aliphatic heterocycles. The van der Waals surface area contributed by atoms with Crippen LogP contribution in [0.2, 0.25) is 0 Å². The van der Waals surface area contributed by atoms with Gasteiger partial charge in [-0.1, -0.05) is 25.5 Å². The highest BCUT2D eigenvalue weighted by atomic mass is 16.2. The monoisotopic (exact) mass is 379 g/mol. The molecular formula is C21H25N5O2. The lowest BCUT2D eigenvalue weighted by Crippen LogP contribution is -2.37. The molecule has 0 saturated carbocycles. The Balaban J connectivity index is 2.02. The number of benzene rings is 1. The Morgan fingerprint density at radius 3 is 2.29 bits per heavy atom. The number of rotatable bonds is 4. The van der Waals surface area contributed by atoms with Crippen LogP contribution in [0.4, 0.5) is 0 Å². The van der Waals surface area contributed by atoms with E-state index in [1.54, 1.807) is 7.05 Å². The summed E-state index contributed by atoms with van der Waals surface area (Å²) in [7, 11) is 3.14. The molecule has 0 unspecified atom stereocenters. The first-order valence-corrected chi connectivity index (χ1v) is 9.62. The fourth-order valence-corrected chi connectivity index (χ4v) is 3.83. The largest absolute Gasteiger partial charge is 0.332 e. The topological polar surface area (TPSA) is 66.2 Å². The lowest BCUT2D eigenvalue weighted by molar-refractivity contribution is 0.707. The third-order valence-corrected chi connectivity index (χ3v) is 5.65. The average molecular weight is 379 g/mol. The first-order chi connectivity index (χ1) is 13.4. The van der Waals surface area contributed by atoms with Gasteiger partial charge in [0.05, 0.1) is 0 Å². The van der Waals surface area contributed by atoms with Crippen LogP contribution in [0.5, 0.6) is 0 Å². The van der Waals surface area contributed by atoms with E-state index in [4.69, 9.17) is 0 Å². The average Bonchev–Trinajstić information content (AvgIpc) is 3.19. The van der Waals surface area contributed by atoms with E-state index >= 15 is 0 Å². The smallest absolute Gasteiger partial charge is 0.283 e. The molecule has 7 nitrogen and oxygen atoms in total. The van der Waals surface area contributed by atoms with Gasteiger partial charge in [0.15, 0.2) is 11.2 Å². The Morgan fingerprint density at radius 1 is 0.964 bits per heavy atom. The van der Waals surface area contributed by atoms with E-state index in [1.165, 1.54) is 30.0 Å². The zero-order valence-corrected chi connectivity index (χ0v) is 17.0. The van der Waals surface area contributed by atoms with Crippen LogP contribution in [0.25, 0.3) is 22.6 Å². The summed E-state index contributed by atoms with van der Waals surface area (Å²) in [4.78, 5) is 29.8. The number of imidazole rings is 2. The van der Waals surface area contributed by atoms with Crippen molar-refractivity contribution >= 4 is 16.9 Å². The molecule has 0 saturated heterocycles. The third kappa shape index (κ3) is 2.46. The van der Waals surface area contributed by atoms with Crippen LogP contribution in [0.15, 0.2) is 33.9 Å². The van der Waals surface area contributed by atoms with Crippen LogP contribution in [0.1, 0.15) is 36.7 Å². The summed E-state index contributed by atoms with van der Waals surface area (Å²) in [6.45, 7) is 6.19. The third-order valence-electron chi connectivity index (χ3n) is 5.65. The van der Waals surface area contributed by atoms with Gasteiger partial charge in [-0.2, -0.15) is 4.98 Å². The summed E-state index contributed by atoms with van der Waals surface area (Å²) >= 11 is 0. The molecule has 0 atom stereocenters. The molecule has 146 valence electrons. The van der Waals surface area contributed by atoms with Crippen molar-refractivity contribution in [3.8, 4) is 5.69 Å². The van der Waals surface area contributed by atoms with Crippen molar-refractivity contribution in [2.75, 3.05) is 0 Å². The highest BCUT2D eigenvalue weighted by Gasteiger charge is 2.22. The summed E-state index contributed by atoms with van der Waals surface area (Å²) in [6, 6.07) is 8.48. The Kier molecular flexibility index (Phi) is 4.25. The number of aryl methyl sites for hydroxylation is 3. The zero-order chi connectivity index (χ0) is 20.2. The van der Waals surface area contributed by atoms with Crippen LogP contribution in [0.3, 0.4) is 0 Å². The summed E-state index contributed by atoms with van der Waals surface area (Å²) in [5.74, 6) is 0.643. The molecule has 0 aliphatic rings. The molecule has 0 fully saturated rings. The van der Waals surface area contributed by atoms with Crippen molar-refractivity contribution in [2.24, 2.45) is 14.1 Å². The molecule has 0 aliphatic carbocycles. The molecule has 0 amide bonds. The van der Waals surface area contributed by atoms with E-state index in [0.29, 0.717) is 16.9 Å².